The van der Waals surface area contributed by atoms with Gasteiger partial charge in [0, 0.05) is 5.56 Å². The molecule has 2 fully saturated rings. The molecule has 2 aliphatic rings. The fraction of sp³-hybridized carbons (Fsp3) is 0.414. The summed E-state index contributed by atoms with van der Waals surface area (Å²) in [7, 11) is 0. The molecule has 2 aromatic carbocycles. The van der Waals surface area contributed by atoms with E-state index in [2.05, 4.69) is 10.1 Å². The van der Waals surface area contributed by atoms with Crippen molar-refractivity contribution in [2.45, 2.75) is 63.5 Å². The maximum Gasteiger partial charge on any atom is 0.179 e. The molecule has 0 spiro atoms. The van der Waals surface area contributed by atoms with Crippen molar-refractivity contribution in [1.82, 2.24) is 10.1 Å². The van der Waals surface area contributed by atoms with Crippen LogP contribution in [0, 0.1) is 29.0 Å². The molecular weight excluding hydrogens is 579 g/mol. The van der Waals surface area contributed by atoms with Gasteiger partial charge in [-0.25, -0.2) is 13.8 Å². The van der Waals surface area contributed by atoms with E-state index < -0.39 is 17.1 Å². The van der Waals surface area contributed by atoms with Crippen LogP contribution in [0.3, 0.4) is 0 Å². The van der Waals surface area contributed by atoms with Gasteiger partial charge in [0.1, 0.15) is 21.8 Å². The van der Waals surface area contributed by atoms with Crippen LogP contribution in [0.5, 0.6) is 0 Å². The largest absolute Gasteiger partial charge is 0.382 e. The van der Waals surface area contributed by atoms with Crippen LogP contribution in [-0.2, 0) is 22.6 Å². The number of alkyl halides is 1. The molecule has 1 N–H and O–H groups in total. The first-order valence-electron chi connectivity index (χ1n) is 13.0. The molecule has 11 heteroatoms. The SMILES string of the molecule is CC(C)(F)c1onc(-c2c(Cl)cccc2Cl)c1COC1C[C@H]2CC[C@@H](C1)C2(O)c1nc2c(F)cc(C#N)cc2s1. The number of halogens is 4. The van der Waals surface area contributed by atoms with Crippen LogP contribution >= 0.6 is 34.5 Å². The number of rotatable bonds is 6. The van der Waals surface area contributed by atoms with Crippen LogP contribution in [0.4, 0.5) is 8.78 Å². The van der Waals surface area contributed by atoms with Crippen molar-refractivity contribution in [2.75, 3.05) is 0 Å². The first-order valence-corrected chi connectivity index (χ1v) is 14.5. The number of ether oxygens (including phenoxy) is 1. The highest BCUT2D eigenvalue weighted by molar-refractivity contribution is 7.18. The van der Waals surface area contributed by atoms with E-state index in [-0.39, 0.29) is 41.4 Å². The Hall–Kier alpha value is -2.61. The lowest BCUT2D eigenvalue weighted by Crippen LogP contribution is -2.44. The van der Waals surface area contributed by atoms with Crippen LogP contribution < -0.4 is 0 Å². The summed E-state index contributed by atoms with van der Waals surface area (Å²) in [5, 5.41) is 26.5. The molecule has 6 rings (SSSR count). The number of aliphatic hydroxyl groups is 1. The Kier molecular flexibility index (Phi) is 6.91. The van der Waals surface area contributed by atoms with E-state index in [1.165, 1.54) is 25.2 Å². The van der Waals surface area contributed by atoms with Gasteiger partial charge in [0.15, 0.2) is 17.2 Å². The normalized spacial score (nSPS) is 24.5. The minimum atomic E-state index is -1.82. The smallest absolute Gasteiger partial charge is 0.179 e. The van der Waals surface area contributed by atoms with Gasteiger partial charge in [-0.3, -0.25) is 0 Å². The van der Waals surface area contributed by atoms with Gasteiger partial charge in [0.25, 0.3) is 0 Å². The average molecular weight is 605 g/mol. The molecule has 2 aliphatic carbocycles. The lowest BCUT2D eigenvalue weighted by molar-refractivity contribution is -0.116. The Bertz CT molecular complexity index is 1620. The maximum atomic E-state index is 15.1. The van der Waals surface area contributed by atoms with E-state index in [4.69, 9.17) is 32.5 Å². The Morgan fingerprint density at radius 1 is 1.23 bits per heavy atom. The predicted octanol–water partition coefficient (Wildman–Crippen LogP) is 8.07. The van der Waals surface area contributed by atoms with Gasteiger partial charge in [-0.1, -0.05) is 34.4 Å². The topological polar surface area (TPSA) is 92.2 Å². The molecule has 0 aliphatic heterocycles. The van der Waals surface area contributed by atoms with Gasteiger partial charge >= 0.3 is 0 Å². The molecule has 2 bridgehead atoms. The third-order valence-electron chi connectivity index (χ3n) is 8.11. The van der Waals surface area contributed by atoms with Gasteiger partial charge in [0.2, 0.25) is 0 Å². The highest BCUT2D eigenvalue weighted by Crippen LogP contribution is 2.57. The maximum absolute atomic E-state index is 15.1. The molecule has 208 valence electrons. The molecule has 4 atom stereocenters. The van der Waals surface area contributed by atoms with Crippen LogP contribution in [0.1, 0.15) is 61.4 Å². The van der Waals surface area contributed by atoms with Crippen LogP contribution in [-0.4, -0.2) is 21.4 Å². The van der Waals surface area contributed by atoms with Crippen molar-refractivity contribution in [3.8, 4) is 17.3 Å². The monoisotopic (exact) mass is 603 g/mol. The summed E-state index contributed by atoms with van der Waals surface area (Å²) < 4.78 is 42.1. The van der Waals surface area contributed by atoms with E-state index in [0.29, 0.717) is 49.4 Å². The Labute approximate surface area is 243 Å². The number of hydrogen-bond donors (Lipinski definition) is 1. The van der Waals surface area contributed by atoms with Crippen molar-refractivity contribution >= 4 is 44.8 Å². The summed E-state index contributed by atoms with van der Waals surface area (Å²) in [6.07, 6.45) is 2.45. The average Bonchev–Trinajstić information content (AvgIpc) is 3.55. The van der Waals surface area contributed by atoms with Gasteiger partial charge in [0.05, 0.1) is 44.7 Å². The van der Waals surface area contributed by atoms with Gasteiger partial charge in [-0.2, -0.15) is 5.26 Å². The number of hydrogen-bond acceptors (Lipinski definition) is 7. The number of nitrogens with zero attached hydrogens (tertiary/aromatic N) is 3. The molecule has 4 aromatic rings. The van der Waals surface area contributed by atoms with Gasteiger partial charge < -0.3 is 14.4 Å². The molecule has 2 aromatic heterocycles. The molecule has 2 heterocycles. The van der Waals surface area contributed by atoms with Crippen molar-refractivity contribution in [3.05, 3.63) is 68.1 Å². The van der Waals surface area contributed by atoms with Crippen LogP contribution in [0.15, 0.2) is 34.9 Å². The van der Waals surface area contributed by atoms with Crippen molar-refractivity contribution < 1.29 is 23.1 Å². The lowest BCUT2D eigenvalue weighted by Gasteiger charge is -2.41. The fourth-order valence-corrected chi connectivity index (χ4v) is 8.09. The van der Waals surface area contributed by atoms with Gasteiger partial charge in [-0.15, -0.1) is 11.3 Å². The zero-order chi connectivity index (χ0) is 28.4. The first-order chi connectivity index (χ1) is 19.0. The molecule has 2 unspecified atom stereocenters. The Morgan fingerprint density at radius 3 is 2.52 bits per heavy atom. The number of nitriles is 1. The van der Waals surface area contributed by atoms with Crippen molar-refractivity contribution in [1.29, 1.82) is 5.26 Å². The summed E-state index contributed by atoms with van der Waals surface area (Å²) in [6.45, 7) is 2.79. The predicted molar refractivity (Wildman–Crippen MR) is 148 cm³/mol. The zero-order valence-corrected chi connectivity index (χ0v) is 24.0. The van der Waals surface area contributed by atoms with E-state index in [9.17, 15) is 14.8 Å². The van der Waals surface area contributed by atoms with E-state index in [1.54, 1.807) is 24.3 Å². The summed E-state index contributed by atoms with van der Waals surface area (Å²) in [6, 6.07) is 9.80. The molecule has 0 amide bonds. The third kappa shape index (κ3) is 4.50. The molecule has 40 heavy (non-hydrogen) atoms. The summed E-state index contributed by atoms with van der Waals surface area (Å²) in [5.41, 5.74) is -1.42. The minimum absolute atomic E-state index is 0.0227. The molecule has 0 radical (unpaired) electrons. The molecule has 6 nitrogen and oxygen atoms in total. The Morgan fingerprint density at radius 2 is 1.90 bits per heavy atom. The highest BCUT2D eigenvalue weighted by atomic mass is 35.5. The number of aromatic nitrogens is 2. The number of thiazole rings is 1. The van der Waals surface area contributed by atoms with Crippen molar-refractivity contribution in [2.24, 2.45) is 11.8 Å². The zero-order valence-electron chi connectivity index (χ0n) is 21.7. The van der Waals surface area contributed by atoms with Gasteiger partial charge in [-0.05, 0) is 75.6 Å². The first kappa shape index (κ1) is 27.6. The van der Waals surface area contributed by atoms with E-state index in [0.717, 1.165) is 18.9 Å². The lowest BCUT2D eigenvalue weighted by atomic mass is 9.73. The highest BCUT2D eigenvalue weighted by Gasteiger charge is 2.56. The number of fused-ring (bicyclic) bond motifs is 3. The second kappa shape index (κ2) is 10.0. The Balaban J connectivity index is 1.26. The number of benzene rings is 2. The quantitative estimate of drug-likeness (QED) is 0.239. The third-order valence-corrected chi connectivity index (χ3v) is 9.89. The second-order valence-corrected chi connectivity index (χ2v) is 12.9. The van der Waals surface area contributed by atoms with Crippen LogP contribution in [0.2, 0.25) is 10.0 Å². The molecule has 0 saturated heterocycles. The summed E-state index contributed by atoms with van der Waals surface area (Å²) in [5.74, 6) is -0.819. The summed E-state index contributed by atoms with van der Waals surface area (Å²) >= 11 is 14.1. The molecular formula is C29H25Cl2F2N3O3S. The van der Waals surface area contributed by atoms with Crippen LogP contribution in [0.25, 0.3) is 21.5 Å². The standard InChI is InChI=1S/C29H25Cl2F2N3O3S/c1-28(2,33)26-18(24(36-39-26)23-19(30)4-3-5-20(23)31)13-38-17-10-15-6-7-16(11-17)29(15,37)27-35-25-21(32)8-14(12-34)9-22(25)40-27/h3-5,8-9,15-17,37H,6-7,10-11,13H2,1-2H3/t15-,16+,17?,29?. The second-order valence-electron chi connectivity index (χ2n) is 11.0. The van der Waals surface area contributed by atoms with Crippen molar-refractivity contribution in [3.63, 3.8) is 0 Å². The summed E-state index contributed by atoms with van der Waals surface area (Å²) in [4.78, 5) is 4.49. The molecule has 2 saturated carbocycles. The fourth-order valence-electron chi connectivity index (χ4n) is 6.24. The van der Waals surface area contributed by atoms with E-state index in [1.807, 2.05) is 6.07 Å². The van der Waals surface area contributed by atoms with E-state index >= 15 is 4.39 Å². The minimum Gasteiger partial charge on any atom is -0.382 e.